The molecule has 0 aromatic heterocycles. The molecule has 0 saturated heterocycles. The topological polar surface area (TPSA) is 67.4 Å². The van der Waals surface area contributed by atoms with Crippen LogP contribution in [0.15, 0.2) is 42.5 Å². The first kappa shape index (κ1) is 18.0. The van der Waals surface area contributed by atoms with E-state index in [4.69, 9.17) is 4.74 Å². The average Bonchev–Trinajstić information content (AvgIpc) is 2.61. The van der Waals surface area contributed by atoms with Gasteiger partial charge in [-0.25, -0.2) is 0 Å². The Hall–Kier alpha value is -2.82. The predicted molar refractivity (Wildman–Crippen MR) is 102 cm³/mol. The number of benzene rings is 2. The minimum absolute atomic E-state index is 0.00375. The molecular formula is C21H24N2O3. The molecule has 1 unspecified atom stereocenters. The summed E-state index contributed by atoms with van der Waals surface area (Å²) in [5, 5.41) is 5.73. The van der Waals surface area contributed by atoms with Gasteiger partial charge in [0, 0.05) is 11.6 Å². The molecule has 0 aliphatic carbocycles. The predicted octanol–water partition coefficient (Wildman–Crippen LogP) is 3.50. The van der Waals surface area contributed by atoms with Gasteiger partial charge < -0.3 is 15.4 Å². The maximum absolute atomic E-state index is 12.5. The summed E-state index contributed by atoms with van der Waals surface area (Å²) in [6.45, 7) is 6.31. The summed E-state index contributed by atoms with van der Waals surface area (Å²) in [4.78, 5) is 23.8. The van der Waals surface area contributed by atoms with Crippen LogP contribution in [-0.4, -0.2) is 24.5 Å². The maximum atomic E-state index is 12.5. The summed E-state index contributed by atoms with van der Waals surface area (Å²) in [6, 6.07) is 13.6. The van der Waals surface area contributed by atoms with Crippen LogP contribution in [0.4, 0.5) is 5.69 Å². The molecule has 5 heteroatoms. The quantitative estimate of drug-likeness (QED) is 0.865. The first-order valence-electron chi connectivity index (χ1n) is 8.89. The molecule has 1 aliphatic rings. The number of rotatable bonds is 5. The molecule has 0 radical (unpaired) electrons. The smallest absolute Gasteiger partial charge is 0.262 e. The highest BCUT2D eigenvalue weighted by atomic mass is 16.5. The van der Waals surface area contributed by atoms with Crippen molar-refractivity contribution >= 4 is 17.5 Å². The number of amides is 2. The second-order valence-corrected chi connectivity index (χ2v) is 7.02. The Bertz CT molecular complexity index is 813. The van der Waals surface area contributed by atoms with Gasteiger partial charge >= 0.3 is 0 Å². The Morgan fingerprint density at radius 3 is 2.58 bits per heavy atom. The van der Waals surface area contributed by atoms with Gasteiger partial charge in [0.05, 0.1) is 5.69 Å². The Morgan fingerprint density at radius 2 is 1.88 bits per heavy atom. The van der Waals surface area contributed by atoms with Crippen LogP contribution >= 0.6 is 0 Å². The zero-order valence-electron chi connectivity index (χ0n) is 15.3. The number of carbonyl (C=O) groups is 2. The van der Waals surface area contributed by atoms with Gasteiger partial charge in [-0.05, 0) is 48.6 Å². The monoisotopic (exact) mass is 352 g/mol. The highest BCUT2D eigenvalue weighted by molar-refractivity contribution is 5.99. The van der Waals surface area contributed by atoms with Crippen LogP contribution in [0.2, 0.25) is 0 Å². The third-order valence-electron chi connectivity index (χ3n) is 4.44. The van der Waals surface area contributed by atoms with Crippen LogP contribution in [0.1, 0.15) is 48.2 Å². The third kappa shape index (κ3) is 4.23. The number of ether oxygens (including phenoxy) is 1. The minimum atomic E-state index is -0.188. The lowest BCUT2D eigenvalue weighted by atomic mass is 9.99. The van der Waals surface area contributed by atoms with Crippen molar-refractivity contribution in [2.45, 2.75) is 39.2 Å². The van der Waals surface area contributed by atoms with Crippen molar-refractivity contribution in [2.24, 2.45) is 0 Å². The molecule has 26 heavy (non-hydrogen) atoms. The summed E-state index contributed by atoms with van der Waals surface area (Å²) in [5.41, 5.74) is 3.61. The Labute approximate surface area is 153 Å². The second-order valence-electron chi connectivity index (χ2n) is 7.02. The van der Waals surface area contributed by atoms with E-state index in [-0.39, 0.29) is 24.5 Å². The summed E-state index contributed by atoms with van der Waals surface area (Å²) in [7, 11) is 0. The van der Waals surface area contributed by atoms with Crippen LogP contribution in [-0.2, 0) is 11.2 Å². The molecule has 1 aliphatic heterocycles. The van der Waals surface area contributed by atoms with E-state index in [9.17, 15) is 9.59 Å². The molecule has 2 N–H and O–H groups in total. The molecule has 5 nitrogen and oxygen atoms in total. The molecule has 2 aromatic carbocycles. The van der Waals surface area contributed by atoms with E-state index in [1.165, 1.54) is 11.1 Å². The Kier molecular flexibility index (Phi) is 5.26. The molecule has 1 atom stereocenters. The van der Waals surface area contributed by atoms with Crippen molar-refractivity contribution < 1.29 is 14.3 Å². The van der Waals surface area contributed by atoms with E-state index in [1.807, 2.05) is 6.92 Å². The van der Waals surface area contributed by atoms with Crippen LogP contribution in [0, 0.1) is 0 Å². The summed E-state index contributed by atoms with van der Waals surface area (Å²) >= 11 is 0. The van der Waals surface area contributed by atoms with Crippen LogP contribution < -0.4 is 15.4 Å². The molecule has 0 saturated carbocycles. The van der Waals surface area contributed by atoms with Crippen molar-refractivity contribution in [2.75, 3.05) is 11.9 Å². The number of hydrogen-bond acceptors (Lipinski definition) is 3. The van der Waals surface area contributed by atoms with Gasteiger partial charge in [-0.1, -0.05) is 38.1 Å². The number of anilines is 1. The largest absolute Gasteiger partial charge is 0.482 e. The van der Waals surface area contributed by atoms with Gasteiger partial charge in [-0.3, -0.25) is 9.59 Å². The molecule has 0 bridgehead atoms. The first-order chi connectivity index (χ1) is 12.4. The maximum Gasteiger partial charge on any atom is 0.262 e. The van der Waals surface area contributed by atoms with Crippen molar-refractivity contribution in [1.82, 2.24) is 5.32 Å². The molecule has 0 spiro atoms. The van der Waals surface area contributed by atoms with Gasteiger partial charge in [-0.2, -0.15) is 0 Å². The normalized spacial score (nSPS) is 14.2. The second kappa shape index (κ2) is 7.60. The Morgan fingerprint density at radius 1 is 1.15 bits per heavy atom. The van der Waals surface area contributed by atoms with Crippen molar-refractivity contribution in [3.05, 3.63) is 59.2 Å². The van der Waals surface area contributed by atoms with Crippen molar-refractivity contribution in [1.29, 1.82) is 0 Å². The molecule has 2 amide bonds. The van der Waals surface area contributed by atoms with E-state index in [0.717, 1.165) is 6.42 Å². The van der Waals surface area contributed by atoms with E-state index in [1.54, 1.807) is 18.2 Å². The van der Waals surface area contributed by atoms with E-state index >= 15 is 0 Å². The van der Waals surface area contributed by atoms with Gasteiger partial charge in [0.1, 0.15) is 5.75 Å². The molecule has 0 fully saturated rings. The number of nitrogens with one attached hydrogen (secondary N) is 2. The highest BCUT2D eigenvalue weighted by Gasteiger charge is 2.18. The summed E-state index contributed by atoms with van der Waals surface area (Å²) in [5.74, 6) is 0.692. The molecule has 3 rings (SSSR count). The minimum Gasteiger partial charge on any atom is -0.482 e. The third-order valence-corrected chi connectivity index (χ3v) is 4.44. The van der Waals surface area contributed by atoms with Gasteiger partial charge in [-0.15, -0.1) is 0 Å². The van der Waals surface area contributed by atoms with E-state index in [0.29, 0.717) is 22.9 Å². The van der Waals surface area contributed by atoms with Crippen molar-refractivity contribution in [3.8, 4) is 5.75 Å². The fourth-order valence-electron chi connectivity index (χ4n) is 2.97. The fourth-order valence-corrected chi connectivity index (χ4v) is 2.97. The lowest BCUT2D eigenvalue weighted by Crippen LogP contribution is -2.34. The average molecular weight is 352 g/mol. The van der Waals surface area contributed by atoms with Gasteiger partial charge in [0.25, 0.3) is 11.8 Å². The summed E-state index contributed by atoms with van der Waals surface area (Å²) < 4.78 is 5.37. The summed E-state index contributed by atoms with van der Waals surface area (Å²) in [6.07, 6.45) is 0.765. The van der Waals surface area contributed by atoms with Crippen LogP contribution in [0.25, 0.3) is 0 Å². The molecule has 2 aromatic rings. The molecular weight excluding hydrogens is 328 g/mol. The lowest BCUT2D eigenvalue weighted by molar-refractivity contribution is -0.118. The first-order valence-corrected chi connectivity index (χ1v) is 8.89. The van der Waals surface area contributed by atoms with Crippen LogP contribution in [0.5, 0.6) is 5.75 Å². The number of fused-ring (bicyclic) bond motifs is 1. The molecule has 136 valence electrons. The lowest BCUT2D eigenvalue weighted by Gasteiger charge is -2.19. The molecule has 1 heterocycles. The zero-order valence-corrected chi connectivity index (χ0v) is 15.3. The SMILES string of the molecule is CC(Cc1ccc(C(C)C)cc1)NC(=O)c1ccc2c(c1)OCC(=O)N2. The zero-order chi connectivity index (χ0) is 18.7. The van der Waals surface area contributed by atoms with Gasteiger partial charge in [0.2, 0.25) is 0 Å². The fraction of sp³-hybridized carbons (Fsp3) is 0.333. The highest BCUT2D eigenvalue weighted by Crippen LogP contribution is 2.28. The standard InChI is InChI=1S/C21H24N2O3/c1-13(2)16-6-4-15(5-7-16)10-14(3)22-21(25)17-8-9-18-19(11-17)26-12-20(24)23-18/h4-9,11,13-14H,10,12H2,1-3H3,(H,22,25)(H,23,24). The van der Waals surface area contributed by atoms with E-state index < -0.39 is 0 Å². The van der Waals surface area contributed by atoms with Gasteiger partial charge in [0.15, 0.2) is 6.61 Å². The van der Waals surface area contributed by atoms with Crippen molar-refractivity contribution in [3.63, 3.8) is 0 Å². The van der Waals surface area contributed by atoms with E-state index in [2.05, 4.69) is 48.7 Å². The van der Waals surface area contributed by atoms with Crippen LogP contribution in [0.3, 0.4) is 0 Å². The number of carbonyl (C=O) groups excluding carboxylic acids is 2. The number of hydrogen-bond donors (Lipinski definition) is 2. The Balaban J connectivity index is 1.61.